The molecule has 0 aromatic rings. The van der Waals surface area contributed by atoms with Gasteiger partial charge in [-0.25, -0.2) is 13.6 Å². The van der Waals surface area contributed by atoms with Gasteiger partial charge in [-0.15, -0.1) is 0 Å². The molecule has 0 aromatic carbocycles. The average molecular weight is 280 g/mol. The van der Waals surface area contributed by atoms with Gasteiger partial charge in [0, 0.05) is 12.5 Å². The first-order chi connectivity index (χ1) is 8.27. The first-order valence-electron chi connectivity index (χ1n) is 6.34. The molecule has 0 aromatic heterocycles. The Balaban J connectivity index is 4.77. The van der Waals surface area contributed by atoms with Crippen LogP contribution in [0.1, 0.15) is 48.0 Å². The normalized spacial score (nSPS) is 15.0. The van der Waals surface area contributed by atoms with E-state index in [0.717, 1.165) is 0 Å². The Morgan fingerprint density at radius 2 is 1.68 bits per heavy atom. The van der Waals surface area contributed by atoms with Gasteiger partial charge in [0.1, 0.15) is 5.60 Å². The minimum Gasteiger partial charge on any atom is -0.444 e. The molecule has 0 bridgehead atoms. The van der Waals surface area contributed by atoms with Crippen LogP contribution in [0.15, 0.2) is 0 Å². The quantitative estimate of drug-likeness (QED) is 0.832. The standard InChI is InChI=1S/C13H26F2N2O2/c1-11(2,3)9(7-13(14,15)8-16)17-10(18)19-12(4,5)6/h9H,7-8,16H2,1-6H3,(H,17,18). The fraction of sp³-hybridized carbons (Fsp3) is 0.923. The van der Waals surface area contributed by atoms with Gasteiger partial charge in [-0.3, -0.25) is 0 Å². The van der Waals surface area contributed by atoms with Crippen LogP contribution < -0.4 is 11.1 Å². The summed E-state index contributed by atoms with van der Waals surface area (Å²) in [6, 6.07) is -0.721. The molecule has 114 valence electrons. The van der Waals surface area contributed by atoms with E-state index < -0.39 is 42.0 Å². The van der Waals surface area contributed by atoms with Crippen molar-refractivity contribution >= 4 is 6.09 Å². The van der Waals surface area contributed by atoms with Gasteiger partial charge in [0.05, 0.1) is 6.54 Å². The maximum absolute atomic E-state index is 13.4. The zero-order valence-electron chi connectivity index (χ0n) is 12.6. The summed E-state index contributed by atoms with van der Waals surface area (Å²) < 4.78 is 31.9. The fourth-order valence-corrected chi connectivity index (χ4v) is 1.41. The smallest absolute Gasteiger partial charge is 0.407 e. The Kier molecular flexibility index (Phi) is 5.74. The molecular formula is C13H26F2N2O2. The summed E-state index contributed by atoms with van der Waals surface area (Å²) in [6.07, 6.45) is -1.20. The topological polar surface area (TPSA) is 64.3 Å². The molecule has 0 saturated heterocycles. The van der Waals surface area contributed by atoms with Crippen LogP contribution in [0.5, 0.6) is 0 Å². The maximum atomic E-state index is 13.4. The second kappa shape index (κ2) is 6.03. The number of alkyl carbamates (subject to hydrolysis) is 1. The van der Waals surface area contributed by atoms with Gasteiger partial charge >= 0.3 is 6.09 Å². The maximum Gasteiger partial charge on any atom is 0.407 e. The van der Waals surface area contributed by atoms with Gasteiger partial charge in [0.15, 0.2) is 0 Å². The number of carbonyl (C=O) groups excluding carboxylic acids is 1. The van der Waals surface area contributed by atoms with E-state index in [1.165, 1.54) is 0 Å². The molecule has 1 atom stereocenters. The van der Waals surface area contributed by atoms with Gasteiger partial charge in [0.25, 0.3) is 5.92 Å². The lowest BCUT2D eigenvalue weighted by atomic mass is 9.83. The van der Waals surface area contributed by atoms with E-state index in [1.54, 1.807) is 41.5 Å². The number of ether oxygens (including phenoxy) is 1. The van der Waals surface area contributed by atoms with Gasteiger partial charge in [-0.1, -0.05) is 20.8 Å². The van der Waals surface area contributed by atoms with Crippen molar-refractivity contribution in [2.45, 2.75) is 65.5 Å². The zero-order chi connectivity index (χ0) is 15.5. The van der Waals surface area contributed by atoms with Crippen molar-refractivity contribution in [1.82, 2.24) is 5.32 Å². The van der Waals surface area contributed by atoms with Crippen molar-refractivity contribution in [1.29, 1.82) is 0 Å². The highest BCUT2D eigenvalue weighted by atomic mass is 19.3. The van der Waals surface area contributed by atoms with Crippen molar-refractivity contribution in [3.8, 4) is 0 Å². The summed E-state index contributed by atoms with van der Waals surface area (Å²) in [5, 5.41) is 2.51. The minimum atomic E-state index is -3.01. The molecule has 1 unspecified atom stereocenters. The Labute approximate surface area is 114 Å². The second-order valence-corrected chi connectivity index (χ2v) is 6.83. The summed E-state index contributed by atoms with van der Waals surface area (Å²) in [6.45, 7) is 9.74. The highest BCUT2D eigenvalue weighted by Gasteiger charge is 2.38. The average Bonchev–Trinajstić information content (AvgIpc) is 2.11. The van der Waals surface area contributed by atoms with E-state index in [0.29, 0.717) is 0 Å². The highest BCUT2D eigenvalue weighted by molar-refractivity contribution is 5.68. The number of carbonyl (C=O) groups is 1. The first-order valence-corrected chi connectivity index (χ1v) is 6.34. The summed E-state index contributed by atoms with van der Waals surface area (Å²) in [5.41, 5.74) is 3.85. The summed E-state index contributed by atoms with van der Waals surface area (Å²) in [4.78, 5) is 11.7. The van der Waals surface area contributed by atoms with Crippen LogP contribution in [-0.4, -0.2) is 30.2 Å². The van der Waals surface area contributed by atoms with Crippen molar-refractivity contribution < 1.29 is 18.3 Å². The molecule has 4 nitrogen and oxygen atoms in total. The van der Waals surface area contributed by atoms with Crippen LogP contribution in [0, 0.1) is 5.41 Å². The molecular weight excluding hydrogens is 254 g/mol. The van der Waals surface area contributed by atoms with Crippen LogP contribution in [0.25, 0.3) is 0 Å². The zero-order valence-corrected chi connectivity index (χ0v) is 12.6. The molecule has 0 saturated carbocycles. The number of rotatable bonds is 4. The predicted molar refractivity (Wildman–Crippen MR) is 71.2 cm³/mol. The van der Waals surface area contributed by atoms with Crippen LogP contribution in [-0.2, 0) is 4.74 Å². The van der Waals surface area contributed by atoms with Crippen molar-refractivity contribution in [2.24, 2.45) is 11.1 Å². The number of alkyl halides is 2. The van der Waals surface area contributed by atoms with E-state index in [-0.39, 0.29) is 0 Å². The lowest BCUT2D eigenvalue weighted by Gasteiger charge is -2.34. The third-order valence-electron chi connectivity index (χ3n) is 2.54. The monoisotopic (exact) mass is 280 g/mol. The molecule has 0 spiro atoms. The third kappa shape index (κ3) is 7.97. The number of nitrogens with one attached hydrogen (secondary N) is 1. The Bertz CT molecular complexity index is 307. The van der Waals surface area contributed by atoms with E-state index >= 15 is 0 Å². The number of amides is 1. The molecule has 0 aliphatic carbocycles. The van der Waals surface area contributed by atoms with Crippen molar-refractivity contribution in [2.75, 3.05) is 6.54 Å². The molecule has 3 N–H and O–H groups in total. The van der Waals surface area contributed by atoms with Crippen molar-refractivity contribution in [3.05, 3.63) is 0 Å². The molecule has 0 aliphatic rings. The van der Waals surface area contributed by atoms with E-state index in [4.69, 9.17) is 10.5 Å². The largest absolute Gasteiger partial charge is 0.444 e. The van der Waals surface area contributed by atoms with Gasteiger partial charge in [-0.2, -0.15) is 0 Å². The van der Waals surface area contributed by atoms with Gasteiger partial charge in [-0.05, 0) is 26.2 Å². The molecule has 6 heteroatoms. The number of hydrogen-bond acceptors (Lipinski definition) is 3. The third-order valence-corrected chi connectivity index (χ3v) is 2.54. The molecule has 0 heterocycles. The second-order valence-electron chi connectivity index (χ2n) is 6.83. The van der Waals surface area contributed by atoms with Gasteiger partial charge < -0.3 is 15.8 Å². The lowest BCUT2D eigenvalue weighted by Crippen LogP contribution is -2.49. The number of hydrogen-bond donors (Lipinski definition) is 2. The molecule has 19 heavy (non-hydrogen) atoms. The Morgan fingerprint density at radius 3 is 2.00 bits per heavy atom. The molecule has 0 radical (unpaired) electrons. The SMILES string of the molecule is CC(C)(C)OC(=O)NC(CC(F)(F)CN)C(C)(C)C. The van der Waals surface area contributed by atoms with E-state index in [2.05, 4.69) is 5.32 Å². The number of nitrogens with two attached hydrogens (primary N) is 1. The van der Waals surface area contributed by atoms with Crippen LogP contribution in [0.4, 0.5) is 13.6 Å². The van der Waals surface area contributed by atoms with Crippen LogP contribution >= 0.6 is 0 Å². The molecule has 0 rings (SSSR count). The predicted octanol–water partition coefficient (Wildman–Crippen LogP) is 2.91. The Morgan fingerprint density at radius 1 is 1.21 bits per heavy atom. The minimum absolute atomic E-state index is 0.508. The summed E-state index contributed by atoms with van der Waals surface area (Å²) in [5.74, 6) is -3.01. The molecule has 1 amide bonds. The Hall–Kier alpha value is -0.910. The fourth-order valence-electron chi connectivity index (χ4n) is 1.41. The molecule has 0 fully saturated rings. The van der Waals surface area contributed by atoms with Crippen LogP contribution in [0.2, 0.25) is 0 Å². The summed E-state index contributed by atoms with van der Waals surface area (Å²) in [7, 11) is 0. The molecule has 0 aliphatic heterocycles. The van der Waals surface area contributed by atoms with Crippen molar-refractivity contribution in [3.63, 3.8) is 0 Å². The lowest BCUT2D eigenvalue weighted by molar-refractivity contribution is -0.0221. The first kappa shape index (κ1) is 18.1. The highest BCUT2D eigenvalue weighted by Crippen LogP contribution is 2.29. The summed E-state index contributed by atoms with van der Waals surface area (Å²) >= 11 is 0. The van der Waals surface area contributed by atoms with Crippen LogP contribution in [0.3, 0.4) is 0 Å². The van der Waals surface area contributed by atoms with E-state index in [1.807, 2.05) is 0 Å². The number of halogens is 2. The van der Waals surface area contributed by atoms with Gasteiger partial charge in [0.2, 0.25) is 0 Å². The van der Waals surface area contributed by atoms with E-state index in [9.17, 15) is 13.6 Å².